The monoisotopic (exact) mass is 395 g/mol. The maximum atomic E-state index is 12.7. The third-order valence-electron chi connectivity index (χ3n) is 3.50. The number of rotatable bonds is 2. The molecule has 134 valence electrons. The Kier molecular flexibility index (Phi) is 5.65. The van der Waals surface area contributed by atoms with Crippen molar-refractivity contribution in [2.45, 2.75) is 4.90 Å². The fourth-order valence-electron chi connectivity index (χ4n) is 2.16. The summed E-state index contributed by atoms with van der Waals surface area (Å²) in [5, 5.41) is 0.387. The van der Waals surface area contributed by atoms with Gasteiger partial charge in [0.2, 0.25) is 0 Å². The molecular weight excluding hydrogens is 382 g/mol. The summed E-state index contributed by atoms with van der Waals surface area (Å²) in [6.07, 6.45) is 5.90. The topological polar surface area (TPSA) is 72.3 Å². The van der Waals surface area contributed by atoms with E-state index in [-0.39, 0.29) is 5.56 Å². The Morgan fingerprint density at radius 1 is 1.04 bits per heavy atom. The van der Waals surface area contributed by atoms with E-state index >= 15 is 0 Å². The number of carbonyl (C=O) groups is 1. The molecule has 0 aliphatic rings. The molecule has 27 heavy (non-hydrogen) atoms. The maximum Gasteiger partial charge on any atom is 0.286 e. The van der Waals surface area contributed by atoms with Crippen LogP contribution in [0.15, 0.2) is 76.4 Å². The number of benzene rings is 1. The fraction of sp³-hybridized carbons (Fsp3) is 0.0500. The second-order valence-corrected chi connectivity index (χ2v) is 8.24. The van der Waals surface area contributed by atoms with Crippen molar-refractivity contribution < 1.29 is 9.00 Å². The zero-order chi connectivity index (χ0) is 19.3. The number of hydrogen-bond donors (Lipinski definition) is 0. The van der Waals surface area contributed by atoms with Crippen molar-refractivity contribution >= 4 is 27.2 Å². The molecule has 2 aromatic heterocycles. The molecule has 1 aromatic carbocycles. The van der Waals surface area contributed by atoms with Crippen LogP contribution in [-0.4, -0.2) is 26.3 Å². The van der Waals surface area contributed by atoms with Crippen molar-refractivity contribution in [1.29, 1.82) is 0 Å². The third-order valence-corrected chi connectivity index (χ3v) is 5.39. The minimum Gasteiger partial charge on any atom is -0.266 e. The summed E-state index contributed by atoms with van der Waals surface area (Å²) in [4.78, 5) is 20.9. The highest BCUT2D eigenvalue weighted by atomic mass is 35.5. The summed E-state index contributed by atoms with van der Waals surface area (Å²) in [5.41, 5.74) is 1.44. The molecule has 3 aromatic rings. The van der Waals surface area contributed by atoms with E-state index in [4.69, 9.17) is 11.6 Å². The molecule has 3 rings (SSSR count). The number of hydrogen-bond acceptors (Lipinski definition) is 4. The van der Waals surface area contributed by atoms with Gasteiger partial charge in [0.05, 0.1) is 15.3 Å². The van der Waals surface area contributed by atoms with Crippen molar-refractivity contribution in [3.05, 3.63) is 89.0 Å². The van der Waals surface area contributed by atoms with E-state index in [2.05, 4.69) is 26.2 Å². The molecule has 5 nitrogen and oxygen atoms in total. The van der Waals surface area contributed by atoms with Crippen LogP contribution >= 0.6 is 11.6 Å². The fourth-order valence-corrected chi connectivity index (χ4v) is 3.46. The lowest BCUT2D eigenvalue weighted by Gasteiger charge is -2.03. The van der Waals surface area contributed by atoms with Gasteiger partial charge < -0.3 is 0 Å². The zero-order valence-electron chi connectivity index (χ0n) is 14.3. The largest absolute Gasteiger partial charge is 0.286 e. The van der Waals surface area contributed by atoms with E-state index in [1.165, 1.54) is 18.6 Å². The quantitative estimate of drug-likeness (QED) is 0.488. The lowest BCUT2D eigenvalue weighted by atomic mass is 10.2. The highest BCUT2D eigenvalue weighted by Crippen LogP contribution is 2.13. The van der Waals surface area contributed by atoms with E-state index in [0.717, 1.165) is 0 Å². The van der Waals surface area contributed by atoms with Crippen LogP contribution in [0.5, 0.6) is 0 Å². The molecule has 7 heteroatoms. The Labute approximate surface area is 162 Å². The minimum absolute atomic E-state index is 0.224. The number of halogens is 1. The summed E-state index contributed by atoms with van der Waals surface area (Å²) >= 11 is 5.74. The molecule has 0 aliphatic carbocycles. The van der Waals surface area contributed by atoms with Gasteiger partial charge in [0.25, 0.3) is 5.91 Å². The average molecular weight is 396 g/mol. The molecule has 2 heterocycles. The van der Waals surface area contributed by atoms with Crippen LogP contribution in [0, 0.1) is 11.8 Å². The normalized spacial score (nSPS) is 12.4. The number of nitrogens with zero attached hydrogens (tertiary/aromatic N) is 3. The Hall–Kier alpha value is -3.01. The van der Waals surface area contributed by atoms with Crippen molar-refractivity contribution in [2.24, 2.45) is 4.36 Å². The standard InChI is InChI=1S/C20H14ClN3O2S/c1-27(26,18-5-3-2-4-6-18)24-20(25)17-11-16(12-22-14-17)8-7-15-9-10-19(21)23-13-15/h2-6,9-14H,1H3/t27-/m1/s1. The molecule has 0 N–H and O–H groups in total. The van der Waals surface area contributed by atoms with Gasteiger partial charge in [-0.15, -0.1) is 0 Å². The van der Waals surface area contributed by atoms with Crippen molar-refractivity contribution in [1.82, 2.24) is 9.97 Å². The Morgan fingerprint density at radius 3 is 2.48 bits per heavy atom. The van der Waals surface area contributed by atoms with Crippen LogP contribution in [-0.2, 0) is 9.73 Å². The van der Waals surface area contributed by atoms with E-state index < -0.39 is 15.6 Å². The molecule has 0 saturated carbocycles. The number of pyridine rings is 2. The molecule has 0 unspecified atom stereocenters. The molecular formula is C20H14ClN3O2S. The van der Waals surface area contributed by atoms with Gasteiger partial charge in [-0.1, -0.05) is 41.6 Å². The van der Waals surface area contributed by atoms with E-state index in [9.17, 15) is 9.00 Å². The lowest BCUT2D eigenvalue weighted by molar-refractivity contribution is 0.100. The van der Waals surface area contributed by atoms with Crippen LogP contribution in [0.25, 0.3) is 0 Å². The summed E-state index contributed by atoms with van der Waals surface area (Å²) in [6.45, 7) is 0. The van der Waals surface area contributed by atoms with Gasteiger partial charge >= 0.3 is 0 Å². The molecule has 0 bridgehead atoms. The van der Waals surface area contributed by atoms with Gasteiger partial charge in [0.1, 0.15) is 5.15 Å². The lowest BCUT2D eigenvalue weighted by Crippen LogP contribution is -2.04. The smallest absolute Gasteiger partial charge is 0.266 e. The van der Waals surface area contributed by atoms with Gasteiger partial charge in [0.15, 0.2) is 0 Å². The van der Waals surface area contributed by atoms with Crippen LogP contribution in [0.4, 0.5) is 0 Å². The number of amides is 1. The number of aromatic nitrogens is 2. The minimum atomic E-state index is -2.84. The summed E-state index contributed by atoms with van der Waals surface area (Å²) in [5.74, 6) is 5.23. The van der Waals surface area contributed by atoms with E-state index in [0.29, 0.717) is 21.2 Å². The average Bonchev–Trinajstić information content (AvgIpc) is 2.68. The molecule has 0 spiro atoms. The number of carbonyl (C=O) groups excluding carboxylic acids is 1. The third kappa shape index (κ3) is 5.00. The first kappa shape index (κ1) is 18.8. The first-order chi connectivity index (χ1) is 12.9. The first-order valence-corrected chi connectivity index (χ1v) is 10.1. The zero-order valence-corrected chi connectivity index (χ0v) is 15.9. The van der Waals surface area contributed by atoms with Crippen LogP contribution < -0.4 is 0 Å². The summed E-state index contributed by atoms with van der Waals surface area (Å²) < 4.78 is 16.6. The highest BCUT2D eigenvalue weighted by molar-refractivity contribution is 7.93. The Balaban J connectivity index is 1.87. The second kappa shape index (κ2) is 8.12. The van der Waals surface area contributed by atoms with Gasteiger partial charge in [0, 0.05) is 40.9 Å². The SMILES string of the molecule is C[S@](=O)(=NC(=O)c1cncc(C#Cc2ccc(Cl)nc2)c1)c1ccccc1. The van der Waals surface area contributed by atoms with Crippen molar-refractivity contribution in [3.63, 3.8) is 0 Å². The first-order valence-electron chi connectivity index (χ1n) is 7.84. The molecule has 0 radical (unpaired) electrons. The molecule has 1 atom stereocenters. The predicted molar refractivity (Wildman–Crippen MR) is 105 cm³/mol. The maximum absolute atomic E-state index is 12.7. The Morgan fingerprint density at radius 2 is 1.78 bits per heavy atom. The second-order valence-electron chi connectivity index (χ2n) is 5.59. The van der Waals surface area contributed by atoms with Crippen molar-refractivity contribution in [2.75, 3.05) is 6.26 Å². The van der Waals surface area contributed by atoms with Gasteiger partial charge in [-0.25, -0.2) is 9.19 Å². The molecule has 0 saturated heterocycles. The summed E-state index contributed by atoms with van der Waals surface area (Å²) in [6, 6.07) is 13.6. The summed E-state index contributed by atoms with van der Waals surface area (Å²) in [7, 11) is -2.84. The van der Waals surface area contributed by atoms with Crippen LogP contribution in [0.1, 0.15) is 21.5 Å². The van der Waals surface area contributed by atoms with E-state index in [1.54, 1.807) is 48.7 Å². The van der Waals surface area contributed by atoms with Gasteiger partial charge in [-0.2, -0.15) is 4.36 Å². The molecule has 0 aliphatic heterocycles. The van der Waals surface area contributed by atoms with Crippen LogP contribution in [0.2, 0.25) is 5.15 Å². The van der Waals surface area contributed by atoms with Gasteiger partial charge in [-0.05, 0) is 30.3 Å². The van der Waals surface area contributed by atoms with Crippen molar-refractivity contribution in [3.8, 4) is 11.8 Å². The molecule has 0 fully saturated rings. The molecule has 1 amide bonds. The van der Waals surface area contributed by atoms with Crippen LogP contribution in [0.3, 0.4) is 0 Å². The Bertz CT molecular complexity index is 1160. The highest BCUT2D eigenvalue weighted by Gasteiger charge is 2.11. The van der Waals surface area contributed by atoms with E-state index in [1.807, 2.05) is 6.07 Å². The van der Waals surface area contributed by atoms with Gasteiger partial charge in [-0.3, -0.25) is 9.78 Å². The predicted octanol–water partition coefficient (Wildman–Crippen LogP) is 3.83.